The van der Waals surface area contributed by atoms with Crippen molar-refractivity contribution in [3.63, 3.8) is 0 Å². The Morgan fingerprint density at radius 3 is 2.41 bits per heavy atom. The third-order valence-corrected chi connectivity index (χ3v) is 8.93. The van der Waals surface area contributed by atoms with E-state index in [1.54, 1.807) is 36.7 Å². The normalized spacial score (nSPS) is 14.8. The van der Waals surface area contributed by atoms with Crippen LogP contribution in [0.2, 0.25) is 0 Å². The number of carbonyl (C=O) groups is 1. The van der Waals surface area contributed by atoms with E-state index in [-0.39, 0.29) is 16.6 Å². The Hall–Kier alpha value is -2.85. The number of hydrogen-bond donors (Lipinski definition) is 0. The van der Waals surface area contributed by atoms with Gasteiger partial charge in [-0.1, -0.05) is 42.0 Å². The van der Waals surface area contributed by atoms with Gasteiger partial charge in [-0.2, -0.15) is 0 Å². The van der Waals surface area contributed by atoms with Crippen LogP contribution in [0, 0.1) is 12.8 Å². The molecule has 0 amide bonds. The lowest BCUT2D eigenvalue weighted by molar-refractivity contribution is 0.0601. The zero-order chi connectivity index (χ0) is 26.3. The molecule has 192 valence electrons. The van der Waals surface area contributed by atoms with E-state index in [9.17, 15) is 13.2 Å². The molecule has 0 N–H and O–H groups in total. The van der Waals surface area contributed by atoms with Crippen LogP contribution in [0.3, 0.4) is 0 Å². The highest BCUT2D eigenvalue weighted by Gasteiger charge is 2.32. The first kappa shape index (κ1) is 25.8. The van der Waals surface area contributed by atoms with Crippen LogP contribution in [0.15, 0.2) is 76.4 Å². The number of likely N-dealkylation sites (tertiary alicyclic amines) is 1. The lowest BCUT2D eigenvalue weighted by Crippen LogP contribution is -2.52. The number of hydrogen-bond acceptors (Lipinski definition) is 6. The Morgan fingerprint density at radius 2 is 1.76 bits per heavy atom. The Bertz CT molecular complexity index is 1560. The van der Waals surface area contributed by atoms with E-state index in [0.717, 1.165) is 47.3 Å². The monoisotopic (exact) mass is 580 g/mol. The van der Waals surface area contributed by atoms with Gasteiger partial charge in [-0.3, -0.25) is 4.79 Å². The number of Topliss-reactive ketones (excluding diaryl/α,β-unsaturated/α-hetero) is 1. The average molecular weight is 582 g/mol. The summed E-state index contributed by atoms with van der Waals surface area (Å²) in [5.41, 5.74) is 3.57. The maximum atomic E-state index is 13.5. The van der Waals surface area contributed by atoms with Crippen LogP contribution < -0.4 is 0 Å². The number of aryl methyl sites for hydroxylation is 1. The van der Waals surface area contributed by atoms with Gasteiger partial charge in [0.1, 0.15) is 0 Å². The van der Waals surface area contributed by atoms with Gasteiger partial charge in [0.25, 0.3) is 10.0 Å². The number of rotatable bonds is 8. The second-order valence-corrected chi connectivity index (χ2v) is 12.6. The lowest BCUT2D eigenvalue weighted by Gasteiger charge is -2.38. The van der Waals surface area contributed by atoms with Gasteiger partial charge in [0, 0.05) is 65.5 Å². The van der Waals surface area contributed by atoms with Crippen LogP contribution in [-0.2, 0) is 10.0 Å². The number of aromatic nitrogens is 2. The standard InChI is InChI=1S/C28H29BrN4O3S/c1-19-4-10-24(11-5-19)37(35,36)33-18-26(25-14-23(29)15-30-28(25)33)20-6-8-21(9-7-20)27(34)22-16-32(17-22)13-12-31(2)3/h4-11,14-15,18,22H,12-13,16-17H2,1-3H3. The maximum Gasteiger partial charge on any atom is 0.269 e. The van der Waals surface area contributed by atoms with E-state index in [4.69, 9.17) is 0 Å². The van der Waals surface area contributed by atoms with Crippen molar-refractivity contribution in [2.45, 2.75) is 11.8 Å². The smallest absolute Gasteiger partial charge is 0.269 e. The third kappa shape index (κ3) is 5.13. The average Bonchev–Trinajstić information content (AvgIpc) is 3.22. The second-order valence-electron chi connectivity index (χ2n) is 9.88. The van der Waals surface area contributed by atoms with E-state index in [1.807, 2.05) is 51.4 Å². The molecule has 1 fully saturated rings. The van der Waals surface area contributed by atoms with Crippen LogP contribution in [0.1, 0.15) is 15.9 Å². The first-order valence-electron chi connectivity index (χ1n) is 12.1. The zero-order valence-corrected chi connectivity index (χ0v) is 23.5. The van der Waals surface area contributed by atoms with Gasteiger partial charge in [-0.05, 0) is 60.7 Å². The minimum absolute atomic E-state index is 0.0229. The van der Waals surface area contributed by atoms with E-state index >= 15 is 0 Å². The first-order chi connectivity index (χ1) is 17.6. The summed E-state index contributed by atoms with van der Waals surface area (Å²) in [5, 5.41) is 0.708. The predicted molar refractivity (Wildman–Crippen MR) is 149 cm³/mol. The largest absolute Gasteiger partial charge is 0.308 e. The molecule has 0 spiro atoms. The Morgan fingerprint density at radius 1 is 1.08 bits per heavy atom. The van der Waals surface area contributed by atoms with Crippen molar-refractivity contribution in [1.29, 1.82) is 0 Å². The van der Waals surface area contributed by atoms with Crippen molar-refractivity contribution in [3.05, 3.63) is 82.6 Å². The van der Waals surface area contributed by atoms with Crippen LogP contribution >= 0.6 is 15.9 Å². The summed E-state index contributed by atoms with van der Waals surface area (Å²) in [6.07, 6.45) is 3.21. The van der Waals surface area contributed by atoms with Crippen LogP contribution in [0.25, 0.3) is 22.2 Å². The molecule has 37 heavy (non-hydrogen) atoms. The molecule has 9 heteroatoms. The predicted octanol–water partition coefficient (Wildman–Crippen LogP) is 4.69. The van der Waals surface area contributed by atoms with Gasteiger partial charge in [0.2, 0.25) is 0 Å². The summed E-state index contributed by atoms with van der Waals surface area (Å²) in [7, 11) is 0.250. The van der Waals surface area contributed by atoms with Gasteiger partial charge < -0.3 is 9.80 Å². The minimum atomic E-state index is -3.85. The number of likely N-dealkylation sites (N-methyl/N-ethyl adjacent to an activating group) is 1. The quantitative estimate of drug-likeness (QED) is 0.281. The Kier molecular flexibility index (Phi) is 7.06. The minimum Gasteiger partial charge on any atom is -0.308 e. The van der Waals surface area contributed by atoms with Gasteiger partial charge >= 0.3 is 0 Å². The van der Waals surface area contributed by atoms with Crippen molar-refractivity contribution >= 4 is 42.8 Å². The molecule has 2 aromatic carbocycles. The summed E-state index contributed by atoms with van der Waals surface area (Å²) in [6.45, 7) is 5.44. The number of carbonyl (C=O) groups excluding carboxylic acids is 1. The number of benzene rings is 2. The molecule has 0 unspecified atom stereocenters. The summed E-state index contributed by atoms with van der Waals surface area (Å²) < 4.78 is 29.0. The van der Waals surface area contributed by atoms with E-state index in [2.05, 4.69) is 30.7 Å². The van der Waals surface area contributed by atoms with Crippen molar-refractivity contribution < 1.29 is 13.2 Å². The number of ketones is 1. The fraction of sp³-hybridized carbons (Fsp3) is 0.286. The Balaban J connectivity index is 1.44. The number of halogens is 1. The molecule has 0 radical (unpaired) electrons. The molecule has 1 aliphatic rings. The summed E-state index contributed by atoms with van der Waals surface area (Å²) in [4.78, 5) is 22.1. The molecular formula is C28H29BrN4O3S. The topological polar surface area (TPSA) is 75.5 Å². The summed E-state index contributed by atoms with van der Waals surface area (Å²) in [6, 6.07) is 16.1. The number of pyridine rings is 1. The lowest BCUT2D eigenvalue weighted by atomic mass is 9.90. The molecule has 0 aliphatic carbocycles. The van der Waals surface area contributed by atoms with Crippen molar-refractivity contribution in [1.82, 2.24) is 18.8 Å². The van der Waals surface area contributed by atoms with Gasteiger partial charge in [0.05, 0.1) is 4.90 Å². The van der Waals surface area contributed by atoms with Gasteiger partial charge in [-0.15, -0.1) is 0 Å². The van der Waals surface area contributed by atoms with Crippen molar-refractivity contribution in [2.24, 2.45) is 5.92 Å². The van der Waals surface area contributed by atoms with Crippen molar-refractivity contribution in [2.75, 3.05) is 40.3 Å². The maximum absolute atomic E-state index is 13.5. The van der Waals surface area contributed by atoms with Crippen LogP contribution in [0.4, 0.5) is 0 Å². The molecule has 0 atom stereocenters. The highest BCUT2D eigenvalue weighted by molar-refractivity contribution is 9.10. The highest BCUT2D eigenvalue weighted by atomic mass is 79.9. The van der Waals surface area contributed by atoms with E-state index < -0.39 is 10.0 Å². The zero-order valence-electron chi connectivity index (χ0n) is 21.1. The van der Waals surface area contributed by atoms with E-state index in [0.29, 0.717) is 16.6 Å². The van der Waals surface area contributed by atoms with Crippen molar-refractivity contribution in [3.8, 4) is 11.1 Å². The van der Waals surface area contributed by atoms with Crippen LogP contribution in [0.5, 0.6) is 0 Å². The fourth-order valence-electron chi connectivity index (χ4n) is 4.60. The van der Waals surface area contributed by atoms with E-state index in [1.165, 1.54) is 3.97 Å². The molecule has 0 saturated carbocycles. The Labute approximate surface area is 225 Å². The highest BCUT2D eigenvalue weighted by Crippen LogP contribution is 2.34. The van der Waals surface area contributed by atoms with Gasteiger partial charge in [-0.25, -0.2) is 17.4 Å². The number of fused-ring (bicyclic) bond motifs is 1. The number of nitrogens with zero attached hydrogens (tertiary/aromatic N) is 4. The van der Waals surface area contributed by atoms with Crippen LogP contribution in [-0.4, -0.2) is 73.2 Å². The first-order valence-corrected chi connectivity index (χ1v) is 14.4. The molecule has 5 rings (SSSR count). The summed E-state index contributed by atoms with van der Waals surface area (Å²) >= 11 is 3.46. The second kappa shape index (κ2) is 10.1. The molecule has 7 nitrogen and oxygen atoms in total. The molecule has 1 saturated heterocycles. The molecule has 0 bridgehead atoms. The molecule has 3 heterocycles. The molecule has 4 aromatic rings. The SMILES string of the molecule is Cc1ccc(S(=O)(=O)n2cc(-c3ccc(C(=O)C4CN(CCN(C)C)C4)cc3)c3cc(Br)cnc32)cc1. The molecular weight excluding hydrogens is 552 g/mol. The molecule has 1 aliphatic heterocycles. The molecule has 2 aromatic heterocycles. The third-order valence-electron chi connectivity index (χ3n) is 6.83. The fourth-order valence-corrected chi connectivity index (χ4v) is 6.26. The summed E-state index contributed by atoms with van der Waals surface area (Å²) in [5.74, 6) is 0.177. The van der Waals surface area contributed by atoms with Gasteiger partial charge in [0.15, 0.2) is 11.4 Å².